The number of nitrogens with zero attached hydrogens (tertiary/aromatic N) is 2. The lowest BCUT2D eigenvalue weighted by molar-refractivity contribution is -0.129. The van der Waals surface area contributed by atoms with Crippen LogP contribution >= 0.6 is 0 Å². The third-order valence-electron chi connectivity index (χ3n) is 4.89. The van der Waals surface area contributed by atoms with Gasteiger partial charge in [-0.3, -0.25) is 9.69 Å². The van der Waals surface area contributed by atoms with Gasteiger partial charge in [0.2, 0.25) is 5.91 Å². The molecule has 6 nitrogen and oxygen atoms in total. The molecule has 0 fully saturated rings. The molecule has 3 rings (SSSR count). The fourth-order valence-corrected chi connectivity index (χ4v) is 3.30. The minimum Gasteiger partial charge on any atom is -0.467 e. The summed E-state index contributed by atoms with van der Waals surface area (Å²) in [5.74, 6) is 0.717. The molecule has 0 radical (unpaired) electrons. The van der Waals surface area contributed by atoms with Gasteiger partial charge in [0.1, 0.15) is 5.76 Å². The number of benzene rings is 2. The lowest BCUT2D eigenvalue weighted by atomic mass is 10.1. The Labute approximate surface area is 189 Å². The molecule has 0 saturated heterocycles. The van der Waals surface area contributed by atoms with E-state index in [0.717, 1.165) is 22.6 Å². The van der Waals surface area contributed by atoms with Gasteiger partial charge in [-0.05, 0) is 56.2 Å². The van der Waals surface area contributed by atoms with Crippen LogP contribution in [0.4, 0.5) is 10.5 Å². The van der Waals surface area contributed by atoms with E-state index >= 15 is 0 Å². The van der Waals surface area contributed by atoms with Crippen LogP contribution in [0.5, 0.6) is 0 Å². The first-order chi connectivity index (χ1) is 15.2. The second kappa shape index (κ2) is 10.2. The van der Waals surface area contributed by atoms with Crippen molar-refractivity contribution in [2.75, 3.05) is 11.9 Å². The van der Waals surface area contributed by atoms with Crippen molar-refractivity contribution in [1.82, 2.24) is 10.2 Å². The summed E-state index contributed by atoms with van der Waals surface area (Å²) >= 11 is 0. The molecule has 1 heterocycles. The summed E-state index contributed by atoms with van der Waals surface area (Å²) in [5, 5.41) is 3.04. The summed E-state index contributed by atoms with van der Waals surface area (Å²) in [4.78, 5) is 29.2. The monoisotopic (exact) mass is 433 g/mol. The van der Waals surface area contributed by atoms with Crippen LogP contribution in [0.1, 0.15) is 37.7 Å². The van der Waals surface area contributed by atoms with Crippen LogP contribution in [0.2, 0.25) is 0 Å². The average Bonchev–Trinajstić information content (AvgIpc) is 3.24. The number of urea groups is 1. The Bertz CT molecular complexity index is 1020. The summed E-state index contributed by atoms with van der Waals surface area (Å²) in [6.07, 6.45) is 1.84. The predicted molar refractivity (Wildman–Crippen MR) is 126 cm³/mol. The molecule has 0 unspecified atom stereocenters. The van der Waals surface area contributed by atoms with Crippen LogP contribution in [-0.2, 0) is 24.3 Å². The Morgan fingerprint density at radius 2 is 1.62 bits per heavy atom. The molecule has 0 saturated carbocycles. The zero-order chi connectivity index (χ0) is 23.1. The number of hydrogen-bond donors (Lipinski definition) is 1. The summed E-state index contributed by atoms with van der Waals surface area (Å²) in [6.45, 7) is 6.71. The summed E-state index contributed by atoms with van der Waals surface area (Å²) in [6, 6.07) is 20.9. The molecule has 1 N–H and O–H groups in total. The Kier molecular flexibility index (Phi) is 7.36. The number of nitrogens with one attached hydrogen (secondary N) is 1. The third kappa shape index (κ3) is 6.74. The number of rotatable bonds is 7. The molecule has 32 heavy (non-hydrogen) atoms. The first-order valence-corrected chi connectivity index (χ1v) is 10.7. The van der Waals surface area contributed by atoms with Crippen LogP contribution < -0.4 is 10.2 Å². The van der Waals surface area contributed by atoms with Crippen LogP contribution in [0.3, 0.4) is 0 Å². The van der Waals surface area contributed by atoms with E-state index in [9.17, 15) is 9.59 Å². The molecule has 6 heteroatoms. The highest BCUT2D eigenvalue weighted by Crippen LogP contribution is 2.21. The number of anilines is 1. The van der Waals surface area contributed by atoms with Crippen molar-refractivity contribution in [3.63, 3.8) is 0 Å². The first-order valence-electron chi connectivity index (χ1n) is 10.7. The maximum absolute atomic E-state index is 13.1. The van der Waals surface area contributed by atoms with E-state index in [1.165, 1.54) is 0 Å². The van der Waals surface area contributed by atoms with Crippen molar-refractivity contribution in [2.45, 2.75) is 45.8 Å². The minimum absolute atomic E-state index is 0.0210. The van der Waals surface area contributed by atoms with Crippen molar-refractivity contribution < 1.29 is 14.0 Å². The minimum atomic E-state index is -0.367. The predicted octanol–water partition coefficient (Wildman–Crippen LogP) is 5.00. The smallest absolute Gasteiger partial charge is 0.322 e. The SMILES string of the molecule is CN(Cc1ccco1)C(=O)Cc1cccc(N(Cc2ccccc2)C(=O)NC(C)(C)C)c1. The van der Waals surface area contributed by atoms with Gasteiger partial charge in [-0.25, -0.2) is 4.79 Å². The normalized spacial score (nSPS) is 11.1. The average molecular weight is 434 g/mol. The maximum Gasteiger partial charge on any atom is 0.322 e. The summed E-state index contributed by atoms with van der Waals surface area (Å²) in [5.41, 5.74) is 2.25. The van der Waals surface area contributed by atoms with Crippen molar-refractivity contribution in [3.8, 4) is 0 Å². The topological polar surface area (TPSA) is 65.8 Å². The highest BCUT2D eigenvalue weighted by atomic mass is 16.3. The molecule has 0 bridgehead atoms. The molecule has 168 valence electrons. The van der Waals surface area contributed by atoms with Crippen LogP contribution in [0, 0.1) is 0 Å². The fourth-order valence-electron chi connectivity index (χ4n) is 3.30. The van der Waals surface area contributed by atoms with Crippen molar-refractivity contribution in [3.05, 3.63) is 89.9 Å². The van der Waals surface area contributed by atoms with Gasteiger partial charge in [-0.15, -0.1) is 0 Å². The highest BCUT2D eigenvalue weighted by molar-refractivity contribution is 5.92. The van der Waals surface area contributed by atoms with E-state index in [-0.39, 0.29) is 23.9 Å². The van der Waals surface area contributed by atoms with E-state index in [1.807, 2.05) is 81.4 Å². The number of amides is 3. The zero-order valence-corrected chi connectivity index (χ0v) is 19.2. The molecule has 0 aliphatic rings. The molecule has 3 amide bonds. The van der Waals surface area contributed by atoms with Gasteiger partial charge in [-0.1, -0.05) is 42.5 Å². The molecule has 0 atom stereocenters. The maximum atomic E-state index is 13.1. The van der Waals surface area contributed by atoms with Gasteiger partial charge in [0.25, 0.3) is 0 Å². The second-order valence-corrected chi connectivity index (χ2v) is 8.93. The van der Waals surface area contributed by atoms with Crippen molar-refractivity contribution in [2.24, 2.45) is 0 Å². The Morgan fingerprint density at radius 1 is 0.906 bits per heavy atom. The lowest BCUT2D eigenvalue weighted by Gasteiger charge is -2.29. The number of carbonyl (C=O) groups excluding carboxylic acids is 2. The largest absolute Gasteiger partial charge is 0.467 e. The Balaban J connectivity index is 1.78. The highest BCUT2D eigenvalue weighted by Gasteiger charge is 2.22. The molecule has 2 aromatic carbocycles. The van der Waals surface area contributed by atoms with Crippen LogP contribution in [-0.4, -0.2) is 29.4 Å². The Hall–Kier alpha value is -3.54. The molecule has 0 spiro atoms. The third-order valence-corrected chi connectivity index (χ3v) is 4.89. The van der Waals surface area contributed by atoms with E-state index in [4.69, 9.17) is 4.42 Å². The van der Waals surface area contributed by atoms with Crippen molar-refractivity contribution in [1.29, 1.82) is 0 Å². The van der Waals surface area contributed by atoms with E-state index in [1.54, 1.807) is 29.2 Å². The zero-order valence-electron chi connectivity index (χ0n) is 19.2. The van der Waals surface area contributed by atoms with Gasteiger partial charge >= 0.3 is 6.03 Å². The van der Waals surface area contributed by atoms with Gasteiger partial charge in [0.05, 0.1) is 25.8 Å². The number of carbonyl (C=O) groups is 2. The van der Waals surface area contributed by atoms with Gasteiger partial charge < -0.3 is 14.6 Å². The number of furan rings is 1. The van der Waals surface area contributed by atoms with Crippen LogP contribution in [0.15, 0.2) is 77.4 Å². The van der Waals surface area contributed by atoms with Crippen molar-refractivity contribution >= 4 is 17.6 Å². The summed E-state index contributed by atoms with van der Waals surface area (Å²) in [7, 11) is 1.76. The van der Waals surface area contributed by atoms with E-state index in [0.29, 0.717) is 13.1 Å². The van der Waals surface area contributed by atoms with E-state index in [2.05, 4.69) is 5.32 Å². The summed E-state index contributed by atoms with van der Waals surface area (Å²) < 4.78 is 5.33. The lowest BCUT2D eigenvalue weighted by Crippen LogP contribution is -2.48. The quantitative estimate of drug-likeness (QED) is 0.570. The number of hydrogen-bond acceptors (Lipinski definition) is 3. The second-order valence-electron chi connectivity index (χ2n) is 8.93. The molecule has 1 aromatic heterocycles. The Morgan fingerprint density at radius 3 is 2.28 bits per heavy atom. The first kappa shape index (κ1) is 23.1. The molecular formula is C26H31N3O3. The molecule has 3 aromatic rings. The molecule has 0 aliphatic heterocycles. The molecule has 0 aliphatic carbocycles. The van der Waals surface area contributed by atoms with Gasteiger partial charge in [0, 0.05) is 18.3 Å². The fraction of sp³-hybridized carbons (Fsp3) is 0.308. The van der Waals surface area contributed by atoms with Gasteiger partial charge in [0.15, 0.2) is 0 Å². The standard InChI is InChI=1S/C26H31N3O3/c1-26(2,3)27-25(31)29(18-20-10-6-5-7-11-20)22-13-8-12-21(16-22)17-24(30)28(4)19-23-14-9-15-32-23/h5-16H,17-19H2,1-4H3,(H,27,31). The van der Waals surface area contributed by atoms with Crippen LogP contribution in [0.25, 0.3) is 0 Å². The van der Waals surface area contributed by atoms with Gasteiger partial charge in [-0.2, -0.15) is 0 Å². The molecular weight excluding hydrogens is 402 g/mol. The number of likely N-dealkylation sites (N-methyl/N-ethyl adjacent to an activating group) is 1. The van der Waals surface area contributed by atoms with E-state index < -0.39 is 0 Å².